The van der Waals surface area contributed by atoms with Gasteiger partial charge in [-0.05, 0) is 25.1 Å². The van der Waals surface area contributed by atoms with Gasteiger partial charge in [-0.15, -0.1) is 0 Å². The van der Waals surface area contributed by atoms with Crippen LogP contribution in [0.2, 0.25) is 0 Å². The largest absolute Gasteiger partial charge is 0.455 e. The Labute approximate surface area is 143 Å². The van der Waals surface area contributed by atoms with Crippen LogP contribution in [0.25, 0.3) is 11.0 Å². The highest BCUT2D eigenvalue weighted by atomic mass is 32.2. The molecule has 0 aliphatic heterocycles. The molecule has 0 spiro atoms. The first kappa shape index (κ1) is 16.7. The molecule has 25 heavy (non-hydrogen) atoms. The Hall–Kier alpha value is -3.20. The summed E-state index contributed by atoms with van der Waals surface area (Å²) in [6.07, 6.45) is 0. The van der Waals surface area contributed by atoms with Crippen molar-refractivity contribution < 1.29 is 17.8 Å². The SMILES string of the molecule is CC(=NNS(=O)(=O)c1cccc([N+](=O)[O-])c1)c1cc2ccccc2o1. The highest BCUT2D eigenvalue weighted by Gasteiger charge is 2.17. The van der Waals surface area contributed by atoms with E-state index in [2.05, 4.69) is 9.93 Å². The van der Waals surface area contributed by atoms with E-state index in [1.54, 1.807) is 19.1 Å². The number of benzene rings is 2. The van der Waals surface area contributed by atoms with Crippen LogP contribution in [-0.4, -0.2) is 19.1 Å². The molecule has 0 saturated heterocycles. The van der Waals surface area contributed by atoms with Crippen molar-refractivity contribution in [1.29, 1.82) is 0 Å². The summed E-state index contributed by atoms with van der Waals surface area (Å²) in [5.74, 6) is 0.419. The number of furan rings is 1. The minimum absolute atomic E-state index is 0.247. The highest BCUT2D eigenvalue weighted by Crippen LogP contribution is 2.20. The van der Waals surface area contributed by atoms with E-state index >= 15 is 0 Å². The summed E-state index contributed by atoms with van der Waals surface area (Å²) in [6.45, 7) is 1.59. The van der Waals surface area contributed by atoms with Crippen molar-refractivity contribution in [3.63, 3.8) is 0 Å². The molecule has 3 rings (SSSR count). The third-order valence-corrected chi connectivity index (χ3v) is 4.66. The molecule has 8 nitrogen and oxygen atoms in total. The Morgan fingerprint density at radius 2 is 1.92 bits per heavy atom. The first-order valence-corrected chi connectivity index (χ1v) is 8.65. The Morgan fingerprint density at radius 3 is 2.64 bits per heavy atom. The van der Waals surface area contributed by atoms with Crippen molar-refractivity contribution in [3.05, 3.63) is 70.5 Å². The molecule has 0 aliphatic carbocycles. The first-order valence-electron chi connectivity index (χ1n) is 7.16. The van der Waals surface area contributed by atoms with E-state index in [-0.39, 0.29) is 10.6 Å². The lowest BCUT2D eigenvalue weighted by Crippen LogP contribution is -2.20. The minimum Gasteiger partial charge on any atom is -0.455 e. The number of para-hydroxylation sites is 1. The fraction of sp³-hybridized carbons (Fsp3) is 0.0625. The number of nitro groups is 1. The molecular formula is C16H13N3O5S. The molecule has 2 aromatic carbocycles. The van der Waals surface area contributed by atoms with Gasteiger partial charge in [0.05, 0.1) is 9.82 Å². The van der Waals surface area contributed by atoms with Gasteiger partial charge in [-0.1, -0.05) is 24.3 Å². The number of nitro benzene ring substituents is 1. The molecule has 9 heteroatoms. The number of hydrogen-bond donors (Lipinski definition) is 1. The van der Waals surface area contributed by atoms with E-state index in [0.29, 0.717) is 17.1 Å². The second-order valence-electron chi connectivity index (χ2n) is 5.19. The number of nitrogens with zero attached hydrogens (tertiary/aromatic N) is 2. The van der Waals surface area contributed by atoms with Crippen molar-refractivity contribution in [2.45, 2.75) is 11.8 Å². The second kappa shape index (κ2) is 6.36. The number of rotatable bonds is 5. The number of fused-ring (bicyclic) bond motifs is 1. The van der Waals surface area contributed by atoms with Crippen LogP contribution in [-0.2, 0) is 10.0 Å². The van der Waals surface area contributed by atoms with Crippen LogP contribution in [0.1, 0.15) is 12.7 Å². The number of sulfonamides is 1. The van der Waals surface area contributed by atoms with Crippen LogP contribution >= 0.6 is 0 Å². The normalized spacial score (nSPS) is 12.3. The number of hydrogen-bond acceptors (Lipinski definition) is 6. The van der Waals surface area contributed by atoms with Gasteiger partial charge in [0.15, 0.2) is 5.76 Å². The van der Waals surface area contributed by atoms with E-state index < -0.39 is 14.9 Å². The van der Waals surface area contributed by atoms with Gasteiger partial charge in [0.2, 0.25) is 0 Å². The summed E-state index contributed by atoms with van der Waals surface area (Å²) in [5.41, 5.74) is 0.666. The zero-order valence-electron chi connectivity index (χ0n) is 13.0. The number of nitrogens with one attached hydrogen (secondary N) is 1. The number of non-ortho nitro benzene ring substituents is 1. The van der Waals surface area contributed by atoms with E-state index in [9.17, 15) is 18.5 Å². The third kappa shape index (κ3) is 3.50. The van der Waals surface area contributed by atoms with Gasteiger partial charge in [0, 0.05) is 17.5 Å². The fourth-order valence-electron chi connectivity index (χ4n) is 2.16. The Bertz CT molecular complexity index is 1050. The molecule has 0 amide bonds. The summed E-state index contributed by atoms with van der Waals surface area (Å²) < 4.78 is 30.1. The zero-order valence-corrected chi connectivity index (χ0v) is 13.9. The molecule has 128 valence electrons. The molecule has 0 atom stereocenters. The van der Waals surface area contributed by atoms with Crippen LogP contribution in [0.15, 0.2) is 69.0 Å². The predicted molar refractivity (Wildman–Crippen MR) is 91.8 cm³/mol. The lowest BCUT2D eigenvalue weighted by atomic mass is 10.2. The molecule has 3 aromatic rings. The van der Waals surface area contributed by atoms with Crippen LogP contribution < -0.4 is 4.83 Å². The molecule has 0 radical (unpaired) electrons. The Morgan fingerprint density at radius 1 is 1.16 bits per heavy atom. The van der Waals surface area contributed by atoms with Crippen LogP contribution in [0, 0.1) is 10.1 Å². The van der Waals surface area contributed by atoms with Crippen molar-refractivity contribution >= 4 is 32.4 Å². The molecule has 0 fully saturated rings. The quantitative estimate of drug-likeness (QED) is 0.427. The average molecular weight is 359 g/mol. The highest BCUT2D eigenvalue weighted by molar-refractivity contribution is 7.89. The monoisotopic (exact) mass is 359 g/mol. The smallest absolute Gasteiger partial charge is 0.276 e. The van der Waals surface area contributed by atoms with Crippen molar-refractivity contribution in [3.8, 4) is 0 Å². The predicted octanol–water partition coefficient (Wildman–Crippen LogP) is 3.04. The Kier molecular flexibility index (Phi) is 4.24. The van der Waals surface area contributed by atoms with E-state index in [0.717, 1.165) is 11.5 Å². The van der Waals surface area contributed by atoms with Crippen molar-refractivity contribution in [2.75, 3.05) is 0 Å². The molecule has 1 N–H and O–H groups in total. The third-order valence-electron chi connectivity index (χ3n) is 3.45. The molecule has 1 heterocycles. The van der Waals surface area contributed by atoms with Crippen molar-refractivity contribution in [1.82, 2.24) is 4.83 Å². The standard InChI is InChI=1S/C16H13N3O5S/c1-11(16-9-12-5-2-3-8-15(12)24-16)17-18-25(22,23)14-7-4-6-13(10-14)19(20)21/h2-10,18H,1H3. The summed E-state index contributed by atoms with van der Waals surface area (Å²) in [6, 6.07) is 13.8. The van der Waals surface area contributed by atoms with E-state index in [1.165, 1.54) is 18.2 Å². The zero-order chi connectivity index (χ0) is 18.0. The fourth-order valence-corrected chi connectivity index (χ4v) is 3.06. The van der Waals surface area contributed by atoms with Gasteiger partial charge >= 0.3 is 0 Å². The maximum Gasteiger partial charge on any atom is 0.276 e. The van der Waals surface area contributed by atoms with E-state index in [1.807, 2.05) is 18.2 Å². The van der Waals surface area contributed by atoms with Gasteiger partial charge in [0.1, 0.15) is 11.3 Å². The van der Waals surface area contributed by atoms with Gasteiger partial charge in [0.25, 0.3) is 15.7 Å². The topological polar surface area (TPSA) is 115 Å². The van der Waals surface area contributed by atoms with Crippen molar-refractivity contribution in [2.24, 2.45) is 5.10 Å². The summed E-state index contributed by atoms with van der Waals surface area (Å²) in [4.78, 5) is 11.9. The van der Waals surface area contributed by atoms with Gasteiger partial charge < -0.3 is 4.42 Å². The van der Waals surface area contributed by atoms with E-state index in [4.69, 9.17) is 4.42 Å². The molecule has 0 unspecified atom stereocenters. The van der Waals surface area contributed by atoms with Gasteiger partial charge in [-0.25, -0.2) is 0 Å². The summed E-state index contributed by atoms with van der Waals surface area (Å²) in [5, 5.41) is 15.5. The molecule has 0 bridgehead atoms. The second-order valence-corrected chi connectivity index (χ2v) is 6.86. The first-order chi connectivity index (χ1) is 11.9. The average Bonchev–Trinajstić information content (AvgIpc) is 3.04. The van der Waals surface area contributed by atoms with Gasteiger partial charge in [-0.2, -0.15) is 18.4 Å². The van der Waals surface area contributed by atoms with Crippen LogP contribution in [0.5, 0.6) is 0 Å². The van der Waals surface area contributed by atoms with Crippen LogP contribution in [0.3, 0.4) is 0 Å². The number of hydrazone groups is 1. The molecule has 0 saturated carbocycles. The van der Waals surface area contributed by atoms with Gasteiger partial charge in [-0.3, -0.25) is 10.1 Å². The minimum atomic E-state index is -4.03. The molecule has 0 aliphatic rings. The maximum atomic E-state index is 12.2. The molecule has 1 aromatic heterocycles. The Balaban J connectivity index is 1.86. The molecular weight excluding hydrogens is 346 g/mol. The van der Waals surface area contributed by atoms with Crippen LogP contribution in [0.4, 0.5) is 5.69 Å². The lowest BCUT2D eigenvalue weighted by Gasteiger charge is -2.04. The maximum absolute atomic E-state index is 12.2. The summed E-state index contributed by atoms with van der Waals surface area (Å²) in [7, 11) is -4.03. The lowest BCUT2D eigenvalue weighted by molar-refractivity contribution is -0.385. The summed E-state index contributed by atoms with van der Waals surface area (Å²) >= 11 is 0.